The van der Waals surface area contributed by atoms with E-state index in [4.69, 9.17) is 4.74 Å². The van der Waals surface area contributed by atoms with Crippen LogP contribution >= 0.6 is 0 Å². The molecule has 4 nitrogen and oxygen atoms in total. The number of anilines is 1. The first-order valence-electron chi connectivity index (χ1n) is 10.0. The summed E-state index contributed by atoms with van der Waals surface area (Å²) in [4.78, 5) is 14.9. The van der Waals surface area contributed by atoms with Gasteiger partial charge >= 0.3 is 0 Å². The van der Waals surface area contributed by atoms with Crippen LogP contribution in [0.15, 0.2) is 48.5 Å². The van der Waals surface area contributed by atoms with Crippen LogP contribution in [0.1, 0.15) is 43.7 Å². The van der Waals surface area contributed by atoms with Gasteiger partial charge in [-0.1, -0.05) is 36.8 Å². The number of hydrogen-bond donors (Lipinski definition) is 1. The number of carbonyl (C=O) groups excluding carboxylic acids is 1. The van der Waals surface area contributed by atoms with Crippen molar-refractivity contribution in [2.24, 2.45) is 0 Å². The zero-order valence-electron chi connectivity index (χ0n) is 16.4. The van der Waals surface area contributed by atoms with Gasteiger partial charge in [-0.3, -0.25) is 4.79 Å². The lowest BCUT2D eigenvalue weighted by atomic mass is 10.1. The second kappa shape index (κ2) is 9.45. The third kappa shape index (κ3) is 5.49. The number of ether oxygens (including phenoxy) is 1. The summed E-state index contributed by atoms with van der Waals surface area (Å²) in [5.74, 6) is 0.659. The Balaban J connectivity index is 1.51. The third-order valence-electron chi connectivity index (χ3n) is 5.09. The lowest BCUT2D eigenvalue weighted by Crippen LogP contribution is -2.37. The summed E-state index contributed by atoms with van der Waals surface area (Å²) >= 11 is 0. The number of hydrogen-bond acceptors (Lipinski definition) is 3. The molecular weight excluding hydrogens is 336 g/mol. The molecule has 1 heterocycles. The van der Waals surface area contributed by atoms with E-state index in [0.29, 0.717) is 13.0 Å². The second-order valence-corrected chi connectivity index (χ2v) is 7.26. The molecule has 0 radical (unpaired) electrons. The van der Waals surface area contributed by atoms with Crippen LogP contribution in [0.3, 0.4) is 0 Å². The smallest absolute Gasteiger partial charge is 0.261 e. The fourth-order valence-corrected chi connectivity index (χ4v) is 3.38. The van der Waals surface area contributed by atoms with E-state index in [2.05, 4.69) is 34.5 Å². The Labute approximate surface area is 162 Å². The number of nitrogens with one attached hydrogen (secondary N) is 1. The SMILES string of the molecule is CCC(Oc1ccc(C)cc1)C(=O)NCc1ccc(N2CCCCC2)cc1. The van der Waals surface area contributed by atoms with Crippen LogP contribution in [0.2, 0.25) is 0 Å². The van der Waals surface area contributed by atoms with Crippen LogP contribution in [0, 0.1) is 6.92 Å². The van der Waals surface area contributed by atoms with Gasteiger partial charge in [0.25, 0.3) is 5.91 Å². The van der Waals surface area contributed by atoms with Crippen LogP contribution in [0.5, 0.6) is 5.75 Å². The highest BCUT2D eigenvalue weighted by atomic mass is 16.5. The van der Waals surface area contributed by atoms with E-state index >= 15 is 0 Å². The molecule has 144 valence electrons. The van der Waals surface area contributed by atoms with E-state index in [0.717, 1.165) is 24.4 Å². The summed E-state index contributed by atoms with van der Waals surface area (Å²) in [7, 11) is 0. The van der Waals surface area contributed by atoms with Gasteiger partial charge in [0.2, 0.25) is 0 Å². The molecule has 1 amide bonds. The Hall–Kier alpha value is -2.49. The molecule has 0 spiro atoms. The van der Waals surface area contributed by atoms with E-state index in [-0.39, 0.29) is 5.91 Å². The minimum absolute atomic E-state index is 0.0711. The molecule has 4 heteroatoms. The molecule has 2 aromatic carbocycles. The summed E-state index contributed by atoms with van der Waals surface area (Å²) in [5.41, 5.74) is 3.56. The van der Waals surface area contributed by atoms with Gasteiger partial charge in [0, 0.05) is 25.3 Å². The standard InChI is InChI=1S/C23H30N2O2/c1-3-22(27-21-13-7-18(2)8-14-21)23(26)24-17-19-9-11-20(12-10-19)25-15-5-4-6-16-25/h7-14,22H,3-6,15-17H2,1-2H3,(H,24,26). The predicted octanol–water partition coefficient (Wildman–Crippen LogP) is 4.46. The minimum atomic E-state index is -0.472. The molecule has 1 N–H and O–H groups in total. The minimum Gasteiger partial charge on any atom is -0.481 e. The Bertz CT molecular complexity index is 719. The van der Waals surface area contributed by atoms with Crippen molar-refractivity contribution in [3.05, 3.63) is 59.7 Å². The molecule has 1 saturated heterocycles. The van der Waals surface area contributed by atoms with Gasteiger partial charge in [-0.05, 0) is 62.4 Å². The van der Waals surface area contributed by atoms with E-state index in [1.165, 1.54) is 30.5 Å². The fourth-order valence-electron chi connectivity index (χ4n) is 3.38. The maximum absolute atomic E-state index is 12.5. The van der Waals surface area contributed by atoms with Crippen molar-refractivity contribution in [3.63, 3.8) is 0 Å². The first kappa shape index (κ1) is 19.3. The van der Waals surface area contributed by atoms with E-state index < -0.39 is 6.10 Å². The van der Waals surface area contributed by atoms with Crippen LogP contribution in [0.4, 0.5) is 5.69 Å². The van der Waals surface area contributed by atoms with E-state index in [1.807, 2.05) is 38.1 Å². The first-order valence-corrected chi connectivity index (χ1v) is 10.0. The molecule has 1 unspecified atom stereocenters. The normalized spacial score (nSPS) is 15.3. The number of rotatable bonds is 7. The summed E-state index contributed by atoms with van der Waals surface area (Å²) in [5, 5.41) is 3.00. The molecule has 1 fully saturated rings. The monoisotopic (exact) mass is 366 g/mol. The molecule has 0 bridgehead atoms. The van der Waals surface area contributed by atoms with Crippen molar-refractivity contribution < 1.29 is 9.53 Å². The Morgan fingerprint density at radius 3 is 2.33 bits per heavy atom. The molecule has 0 saturated carbocycles. The number of piperidine rings is 1. The van der Waals surface area contributed by atoms with Crippen molar-refractivity contribution in [1.29, 1.82) is 0 Å². The first-order chi connectivity index (χ1) is 13.2. The number of amides is 1. The van der Waals surface area contributed by atoms with Gasteiger partial charge in [0.05, 0.1) is 0 Å². The van der Waals surface area contributed by atoms with Gasteiger partial charge in [-0.25, -0.2) is 0 Å². The van der Waals surface area contributed by atoms with Gasteiger partial charge in [0.1, 0.15) is 5.75 Å². The molecule has 2 aromatic rings. The Morgan fingerprint density at radius 1 is 1.04 bits per heavy atom. The quantitative estimate of drug-likeness (QED) is 0.787. The average Bonchev–Trinajstić information content (AvgIpc) is 2.72. The molecule has 0 aromatic heterocycles. The zero-order valence-corrected chi connectivity index (χ0v) is 16.4. The lowest BCUT2D eigenvalue weighted by Gasteiger charge is -2.28. The van der Waals surface area contributed by atoms with E-state index in [1.54, 1.807) is 0 Å². The second-order valence-electron chi connectivity index (χ2n) is 7.26. The molecule has 1 aliphatic rings. The molecule has 3 rings (SSSR count). The molecule has 27 heavy (non-hydrogen) atoms. The highest BCUT2D eigenvalue weighted by molar-refractivity contribution is 5.81. The van der Waals surface area contributed by atoms with Crippen LogP contribution in [-0.4, -0.2) is 25.1 Å². The number of nitrogens with zero attached hydrogens (tertiary/aromatic N) is 1. The van der Waals surface area contributed by atoms with Crippen molar-refractivity contribution >= 4 is 11.6 Å². The molecular formula is C23H30N2O2. The van der Waals surface area contributed by atoms with Crippen molar-refractivity contribution in [2.45, 2.75) is 52.2 Å². The molecule has 0 aliphatic carbocycles. The van der Waals surface area contributed by atoms with Crippen LogP contribution < -0.4 is 15.0 Å². The maximum Gasteiger partial charge on any atom is 0.261 e. The Morgan fingerprint density at radius 2 is 1.70 bits per heavy atom. The highest BCUT2D eigenvalue weighted by Crippen LogP contribution is 2.20. The van der Waals surface area contributed by atoms with Crippen molar-refractivity contribution in [2.75, 3.05) is 18.0 Å². The zero-order chi connectivity index (χ0) is 19.1. The molecule has 1 aliphatic heterocycles. The van der Waals surface area contributed by atoms with Gasteiger partial charge in [-0.15, -0.1) is 0 Å². The summed E-state index contributed by atoms with van der Waals surface area (Å²) in [6, 6.07) is 16.3. The summed E-state index contributed by atoms with van der Waals surface area (Å²) in [6.45, 7) is 6.80. The maximum atomic E-state index is 12.5. The summed E-state index contributed by atoms with van der Waals surface area (Å²) in [6.07, 6.45) is 4.05. The van der Waals surface area contributed by atoms with E-state index in [9.17, 15) is 4.79 Å². The number of aryl methyl sites for hydroxylation is 1. The fraction of sp³-hybridized carbons (Fsp3) is 0.435. The Kier molecular flexibility index (Phi) is 6.74. The molecule has 1 atom stereocenters. The lowest BCUT2D eigenvalue weighted by molar-refractivity contribution is -0.128. The van der Waals surface area contributed by atoms with Gasteiger partial charge in [0.15, 0.2) is 6.10 Å². The summed E-state index contributed by atoms with van der Waals surface area (Å²) < 4.78 is 5.85. The topological polar surface area (TPSA) is 41.6 Å². The average molecular weight is 367 g/mol. The predicted molar refractivity (Wildman–Crippen MR) is 110 cm³/mol. The van der Waals surface area contributed by atoms with Gasteiger partial charge < -0.3 is 15.0 Å². The van der Waals surface area contributed by atoms with Crippen molar-refractivity contribution in [1.82, 2.24) is 5.32 Å². The number of carbonyl (C=O) groups is 1. The highest BCUT2D eigenvalue weighted by Gasteiger charge is 2.18. The van der Waals surface area contributed by atoms with Crippen molar-refractivity contribution in [3.8, 4) is 5.75 Å². The third-order valence-corrected chi connectivity index (χ3v) is 5.09. The van der Waals surface area contributed by atoms with Gasteiger partial charge in [-0.2, -0.15) is 0 Å². The largest absolute Gasteiger partial charge is 0.481 e. The number of benzene rings is 2. The van der Waals surface area contributed by atoms with Crippen LogP contribution in [0.25, 0.3) is 0 Å². The van der Waals surface area contributed by atoms with Crippen LogP contribution in [-0.2, 0) is 11.3 Å².